The fourth-order valence-electron chi connectivity index (χ4n) is 1.50. The molecule has 0 amide bonds. The lowest BCUT2D eigenvalue weighted by atomic mass is 10.2. The zero-order valence-corrected chi connectivity index (χ0v) is 10.8. The third-order valence-electron chi connectivity index (χ3n) is 2.45. The van der Waals surface area contributed by atoms with Gasteiger partial charge in [-0.1, -0.05) is 23.8 Å². The van der Waals surface area contributed by atoms with E-state index in [2.05, 4.69) is 41.9 Å². The molecular formula is C14H17NOS. The van der Waals surface area contributed by atoms with Crippen molar-refractivity contribution in [2.45, 2.75) is 13.5 Å². The van der Waals surface area contributed by atoms with Gasteiger partial charge in [-0.05, 0) is 30.5 Å². The van der Waals surface area contributed by atoms with Crippen LogP contribution in [0.3, 0.4) is 0 Å². The first kappa shape index (κ1) is 12.1. The van der Waals surface area contributed by atoms with Crippen LogP contribution >= 0.6 is 11.3 Å². The summed E-state index contributed by atoms with van der Waals surface area (Å²) in [5.74, 6) is 0.938. The van der Waals surface area contributed by atoms with Crippen LogP contribution in [0.25, 0.3) is 0 Å². The molecule has 2 nitrogen and oxygen atoms in total. The molecule has 0 bridgehead atoms. The number of nitrogens with one attached hydrogen (secondary N) is 1. The van der Waals surface area contributed by atoms with Crippen LogP contribution in [0.2, 0.25) is 0 Å². The minimum Gasteiger partial charge on any atom is -0.492 e. The van der Waals surface area contributed by atoms with Crippen molar-refractivity contribution in [2.75, 3.05) is 13.2 Å². The van der Waals surface area contributed by atoms with Gasteiger partial charge in [0.05, 0.1) is 0 Å². The highest BCUT2D eigenvalue weighted by atomic mass is 32.1. The van der Waals surface area contributed by atoms with Crippen LogP contribution in [0.4, 0.5) is 0 Å². The van der Waals surface area contributed by atoms with Crippen molar-refractivity contribution in [1.82, 2.24) is 5.32 Å². The Bertz CT molecular complexity index is 422. The number of ether oxygens (including phenoxy) is 1. The molecule has 1 aromatic carbocycles. The average molecular weight is 247 g/mol. The van der Waals surface area contributed by atoms with E-state index in [0.717, 1.165) is 18.8 Å². The Kier molecular flexibility index (Phi) is 4.59. The summed E-state index contributed by atoms with van der Waals surface area (Å²) < 4.78 is 5.62. The van der Waals surface area contributed by atoms with Crippen molar-refractivity contribution in [3.8, 4) is 5.75 Å². The number of thiophene rings is 1. The molecule has 0 aliphatic heterocycles. The summed E-state index contributed by atoms with van der Waals surface area (Å²) in [6.07, 6.45) is 0. The summed E-state index contributed by atoms with van der Waals surface area (Å²) >= 11 is 1.78. The van der Waals surface area contributed by atoms with Crippen molar-refractivity contribution in [3.63, 3.8) is 0 Å². The van der Waals surface area contributed by atoms with E-state index in [-0.39, 0.29) is 0 Å². The van der Waals surface area contributed by atoms with Crippen molar-refractivity contribution < 1.29 is 4.74 Å². The number of aryl methyl sites for hydroxylation is 1. The molecule has 0 unspecified atom stereocenters. The molecule has 2 rings (SSSR count). The lowest BCUT2D eigenvalue weighted by Gasteiger charge is -2.07. The molecule has 0 saturated carbocycles. The maximum Gasteiger partial charge on any atom is 0.119 e. The second kappa shape index (κ2) is 6.42. The van der Waals surface area contributed by atoms with Gasteiger partial charge < -0.3 is 10.1 Å². The number of benzene rings is 1. The zero-order valence-electron chi connectivity index (χ0n) is 9.98. The van der Waals surface area contributed by atoms with Crippen molar-refractivity contribution in [2.24, 2.45) is 0 Å². The van der Waals surface area contributed by atoms with Crippen LogP contribution in [0, 0.1) is 6.92 Å². The van der Waals surface area contributed by atoms with Crippen LogP contribution in [0.15, 0.2) is 41.8 Å². The molecule has 0 saturated heterocycles. The maximum absolute atomic E-state index is 5.62. The quantitative estimate of drug-likeness (QED) is 0.791. The van der Waals surface area contributed by atoms with E-state index in [0.29, 0.717) is 6.61 Å². The highest BCUT2D eigenvalue weighted by molar-refractivity contribution is 7.09. The SMILES string of the molecule is Cc1ccc(OCCNCc2cccs2)cc1. The van der Waals surface area contributed by atoms with Crippen LogP contribution in [-0.4, -0.2) is 13.2 Å². The molecular weight excluding hydrogens is 230 g/mol. The normalized spacial score (nSPS) is 10.4. The largest absolute Gasteiger partial charge is 0.492 e. The predicted molar refractivity (Wildman–Crippen MR) is 72.7 cm³/mol. The van der Waals surface area contributed by atoms with Crippen LogP contribution in [0.1, 0.15) is 10.4 Å². The number of rotatable bonds is 6. The van der Waals surface area contributed by atoms with Crippen molar-refractivity contribution in [3.05, 3.63) is 52.2 Å². The number of hydrogen-bond acceptors (Lipinski definition) is 3. The Morgan fingerprint density at radius 1 is 1.18 bits per heavy atom. The highest BCUT2D eigenvalue weighted by Gasteiger charge is 1.94. The molecule has 2 aromatic rings. The molecule has 0 atom stereocenters. The van der Waals surface area contributed by atoms with Gasteiger partial charge in [-0.2, -0.15) is 0 Å². The minimum atomic E-state index is 0.703. The van der Waals surface area contributed by atoms with E-state index < -0.39 is 0 Å². The summed E-state index contributed by atoms with van der Waals surface area (Å²) in [6.45, 7) is 4.57. The Labute approximate surface area is 106 Å². The molecule has 0 fully saturated rings. The summed E-state index contributed by atoms with van der Waals surface area (Å²) in [4.78, 5) is 1.36. The van der Waals surface area contributed by atoms with Gasteiger partial charge in [0.25, 0.3) is 0 Å². The van der Waals surface area contributed by atoms with Gasteiger partial charge in [0.1, 0.15) is 12.4 Å². The molecule has 90 valence electrons. The monoisotopic (exact) mass is 247 g/mol. The van der Waals surface area contributed by atoms with Gasteiger partial charge in [0.2, 0.25) is 0 Å². The van der Waals surface area contributed by atoms with Gasteiger partial charge in [-0.15, -0.1) is 11.3 Å². The Morgan fingerprint density at radius 3 is 2.71 bits per heavy atom. The Morgan fingerprint density at radius 2 is 2.00 bits per heavy atom. The van der Waals surface area contributed by atoms with Gasteiger partial charge in [0.15, 0.2) is 0 Å². The standard InChI is InChI=1S/C14H17NOS/c1-12-4-6-13(7-5-12)16-9-8-15-11-14-3-2-10-17-14/h2-7,10,15H,8-9,11H2,1H3. The van der Waals surface area contributed by atoms with Gasteiger partial charge in [0, 0.05) is 18.0 Å². The fraction of sp³-hybridized carbons (Fsp3) is 0.286. The van der Waals surface area contributed by atoms with E-state index in [1.54, 1.807) is 11.3 Å². The molecule has 1 N–H and O–H groups in total. The first-order chi connectivity index (χ1) is 8.34. The predicted octanol–water partition coefficient (Wildman–Crippen LogP) is 3.23. The second-order valence-electron chi connectivity index (χ2n) is 3.92. The molecule has 1 heterocycles. The highest BCUT2D eigenvalue weighted by Crippen LogP contribution is 2.11. The summed E-state index contributed by atoms with van der Waals surface area (Å²) in [7, 11) is 0. The van der Waals surface area contributed by atoms with Crippen molar-refractivity contribution >= 4 is 11.3 Å². The minimum absolute atomic E-state index is 0.703. The summed E-state index contributed by atoms with van der Waals surface area (Å²) in [6, 6.07) is 12.4. The second-order valence-corrected chi connectivity index (χ2v) is 4.95. The van der Waals surface area contributed by atoms with E-state index in [9.17, 15) is 0 Å². The number of hydrogen-bond donors (Lipinski definition) is 1. The summed E-state index contributed by atoms with van der Waals surface area (Å²) in [5.41, 5.74) is 1.26. The topological polar surface area (TPSA) is 21.3 Å². The van der Waals surface area contributed by atoms with Gasteiger partial charge >= 0.3 is 0 Å². The first-order valence-corrected chi connectivity index (χ1v) is 6.65. The molecule has 0 aliphatic carbocycles. The average Bonchev–Trinajstić information content (AvgIpc) is 2.84. The molecule has 0 spiro atoms. The van der Waals surface area contributed by atoms with Gasteiger partial charge in [-0.3, -0.25) is 0 Å². The maximum atomic E-state index is 5.62. The van der Waals surface area contributed by atoms with E-state index in [4.69, 9.17) is 4.74 Å². The van der Waals surface area contributed by atoms with Crippen LogP contribution < -0.4 is 10.1 Å². The fourth-order valence-corrected chi connectivity index (χ4v) is 2.17. The molecule has 1 aromatic heterocycles. The zero-order chi connectivity index (χ0) is 11.9. The van der Waals surface area contributed by atoms with Crippen molar-refractivity contribution in [1.29, 1.82) is 0 Å². The third kappa shape index (κ3) is 4.21. The van der Waals surface area contributed by atoms with E-state index >= 15 is 0 Å². The molecule has 17 heavy (non-hydrogen) atoms. The van der Waals surface area contributed by atoms with Crippen LogP contribution in [0.5, 0.6) is 5.75 Å². The molecule has 0 aliphatic rings. The third-order valence-corrected chi connectivity index (χ3v) is 3.32. The van der Waals surface area contributed by atoms with E-state index in [1.807, 2.05) is 12.1 Å². The Balaban J connectivity index is 1.61. The molecule has 3 heteroatoms. The Hall–Kier alpha value is -1.32. The first-order valence-electron chi connectivity index (χ1n) is 5.77. The summed E-state index contributed by atoms with van der Waals surface area (Å²) in [5, 5.41) is 5.45. The van der Waals surface area contributed by atoms with Crippen LogP contribution in [-0.2, 0) is 6.54 Å². The lowest BCUT2D eigenvalue weighted by molar-refractivity contribution is 0.314. The smallest absolute Gasteiger partial charge is 0.119 e. The van der Waals surface area contributed by atoms with Gasteiger partial charge in [-0.25, -0.2) is 0 Å². The van der Waals surface area contributed by atoms with E-state index in [1.165, 1.54) is 10.4 Å². The molecule has 0 radical (unpaired) electrons. The lowest BCUT2D eigenvalue weighted by Crippen LogP contribution is -2.20.